The van der Waals surface area contributed by atoms with Gasteiger partial charge < -0.3 is 14.8 Å². The summed E-state index contributed by atoms with van der Waals surface area (Å²) in [6.07, 6.45) is -3.04. The van der Waals surface area contributed by atoms with Gasteiger partial charge in [0, 0.05) is 31.9 Å². The van der Waals surface area contributed by atoms with Crippen molar-refractivity contribution in [3.63, 3.8) is 0 Å². The van der Waals surface area contributed by atoms with Crippen molar-refractivity contribution >= 4 is 5.91 Å². The second-order valence-corrected chi connectivity index (χ2v) is 4.74. The van der Waals surface area contributed by atoms with Crippen molar-refractivity contribution in [2.24, 2.45) is 0 Å². The van der Waals surface area contributed by atoms with E-state index in [0.29, 0.717) is 19.6 Å². The number of halogens is 3. The van der Waals surface area contributed by atoms with E-state index in [1.54, 1.807) is 4.90 Å². The van der Waals surface area contributed by atoms with Crippen LogP contribution in [0, 0.1) is 0 Å². The molecule has 0 bridgehead atoms. The molecule has 1 N–H and O–H groups in total. The Labute approximate surface area is 109 Å². The normalized spacial score (nSPS) is 20.6. The van der Waals surface area contributed by atoms with Crippen LogP contribution in [0.3, 0.4) is 0 Å². The number of alkyl halides is 3. The van der Waals surface area contributed by atoms with Crippen molar-refractivity contribution in [2.45, 2.75) is 25.7 Å². The molecule has 2 rings (SSSR count). The number of aromatic nitrogens is 1. The Morgan fingerprint density at radius 1 is 1.53 bits per heavy atom. The van der Waals surface area contributed by atoms with E-state index >= 15 is 0 Å². The molecule has 1 atom stereocenters. The molecule has 1 aromatic rings. The Bertz CT molecular complexity index is 455. The second-order valence-electron chi connectivity index (χ2n) is 4.74. The van der Waals surface area contributed by atoms with Gasteiger partial charge in [-0.2, -0.15) is 13.2 Å². The van der Waals surface area contributed by atoms with Gasteiger partial charge in [0.05, 0.1) is 0 Å². The maximum atomic E-state index is 12.4. The van der Waals surface area contributed by atoms with Gasteiger partial charge in [-0.3, -0.25) is 4.79 Å². The van der Waals surface area contributed by atoms with Crippen molar-refractivity contribution in [1.82, 2.24) is 14.8 Å². The largest absolute Gasteiger partial charge is 0.406 e. The fourth-order valence-electron chi connectivity index (χ4n) is 2.22. The summed E-state index contributed by atoms with van der Waals surface area (Å²) in [5, 5.41) is 3.18. The van der Waals surface area contributed by atoms with E-state index in [4.69, 9.17) is 0 Å². The highest BCUT2D eigenvalue weighted by molar-refractivity contribution is 5.92. The summed E-state index contributed by atoms with van der Waals surface area (Å²) in [7, 11) is 0. The first-order valence-corrected chi connectivity index (χ1v) is 6.11. The Balaban J connectivity index is 2.13. The number of rotatable bonds is 2. The summed E-state index contributed by atoms with van der Waals surface area (Å²) in [5.74, 6) is -0.345. The van der Waals surface area contributed by atoms with E-state index in [1.165, 1.54) is 18.3 Å². The van der Waals surface area contributed by atoms with Crippen LogP contribution in [-0.4, -0.2) is 47.2 Å². The minimum atomic E-state index is -4.33. The third-order valence-corrected chi connectivity index (χ3v) is 3.05. The van der Waals surface area contributed by atoms with Crippen molar-refractivity contribution in [1.29, 1.82) is 0 Å². The molecule has 19 heavy (non-hydrogen) atoms. The molecule has 0 saturated carbocycles. The van der Waals surface area contributed by atoms with Crippen LogP contribution in [0.4, 0.5) is 13.2 Å². The molecule has 0 radical (unpaired) electrons. The molecule has 106 valence electrons. The molecule has 1 aromatic heterocycles. The Kier molecular flexibility index (Phi) is 3.84. The molecule has 0 spiro atoms. The van der Waals surface area contributed by atoms with Crippen LogP contribution in [0.1, 0.15) is 17.4 Å². The van der Waals surface area contributed by atoms with Crippen LogP contribution in [0.15, 0.2) is 18.3 Å². The third kappa shape index (κ3) is 3.50. The molecule has 1 amide bonds. The summed E-state index contributed by atoms with van der Waals surface area (Å²) in [5.41, 5.74) is 0.0893. The van der Waals surface area contributed by atoms with Crippen LogP contribution in [-0.2, 0) is 6.54 Å². The van der Waals surface area contributed by atoms with Gasteiger partial charge in [-0.05, 0) is 19.1 Å². The Morgan fingerprint density at radius 2 is 2.26 bits per heavy atom. The van der Waals surface area contributed by atoms with E-state index < -0.39 is 12.7 Å². The summed E-state index contributed by atoms with van der Waals surface area (Å²) in [6, 6.07) is 3.05. The molecule has 1 aliphatic heterocycles. The standard InChI is InChI=1S/C12H16F3N3O/c1-9-7-17(6-4-16-9)11(19)10-3-2-5-18(10)8-12(13,14)15/h2-3,5,9,16H,4,6-8H2,1H3/t9-/m0/s1. The minimum absolute atomic E-state index is 0.0893. The number of hydrogen-bond donors (Lipinski definition) is 1. The van der Waals surface area contributed by atoms with E-state index in [1.807, 2.05) is 6.92 Å². The van der Waals surface area contributed by atoms with Crippen molar-refractivity contribution in [3.8, 4) is 0 Å². The molecule has 1 aliphatic rings. The molecule has 7 heteroatoms. The number of piperazine rings is 1. The topological polar surface area (TPSA) is 37.3 Å². The maximum Gasteiger partial charge on any atom is 0.406 e. The lowest BCUT2D eigenvalue weighted by Gasteiger charge is -2.32. The highest BCUT2D eigenvalue weighted by Gasteiger charge is 2.31. The zero-order chi connectivity index (χ0) is 14.0. The molecule has 0 aromatic carbocycles. The van der Waals surface area contributed by atoms with Gasteiger partial charge in [-0.1, -0.05) is 0 Å². The van der Waals surface area contributed by atoms with Crippen molar-refractivity contribution < 1.29 is 18.0 Å². The molecule has 4 nitrogen and oxygen atoms in total. The number of nitrogens with zero attached hydrogens (tertiary/aromatic N) is 2. The first kappa shape index (κ1) is 13.9. The predicted octanol–water partition coefficient (Wildman–Crippen LogP) is 1.48. The lowest BCUT2D eigenvalue weighted by Crippen LogP contribution is -2.51. The Morgan fingerprint density at radius 3 is 2.89 bits per heavy atom. The summed E-state index contributed by atoms with van der Waals surface area (Å²) in [4.78, 5) is 13.8. The monoisotopic (exact) mass is 275 g/mol. The van der Waals surface area contributed by atoms with Gasteiger partial charge in [-0.15, -0.1) is 0 Å². The van der Waals surface area contributed by atoms with Crippen molar-refractivity contribution in [3.05, 3.63) is 24.0 Å². The second kappa shape index (κ2) is 5.24. The van der Waals surface area contributed by atoms with Gasteiger partial charge in [0.2, 0.25) is 0 Å². The highest BCUT2D eigenvalue weighted by Crippen LogP contribution is 2.20. The van der Waals surface area contributed by atoms with Crippen LogP contribution in [0.2, 0.25) is 0 Å². The first-order valence-electron chi connectivity index (χ1n) is 6.11. The molecule has 1 saturated heterocycles. The van der Waals surface area contributed by atoms with E-state index in [9.17, 15) is 18.0 Å². The van der Waals surface area contributed by atoms with E-state index in [-0.39, 0.29) is 17.6 Å². The zero-order valence-corrected chi connectivity index (χ0v) is 10.6. The van der Waals surface area contributed by atoms with Gasteiger partial charge >= 0.3 is 6.18 Å². The SMILES string of the molecule is C[C@H]1CN(C(=O)c2cccn2CC(F)(F)F)CCN1. The van der Waals surface area contributed by atoms with Crippen LogP contribution >= 0.6 is 0 Å². The quantitative estimate of drug-likeness (QED) is 0.888. The average Bonchev–Trinajstić information content (AvgIpc) is 2.73. The highest BCUT2D eigenvalue weighted by atomic mass is 19.4. The van der Waals surface area contributed by atoms with Crippen LogP contribution in [0.5, 0.6) is 0 Å². The molecular weight excluding hydrogens is 259 g/mol. The van der Waals surface area contributed by atoms with Gasteiger partial charge in [0.1, 0.15) is 12.2 Å². The average molecular weight is 275 g/mol. The minimum Gasteiger partial charge on any atom is -0.335 e. The summed E-state index contributed by atoms with van der Waals surface area (Å²) in [6.45, 7) is 2.49. The molecule has 2 heterocycles. The van der Waals surface area contributed by atoms with Crippen molar-refractivity contribution in [2.75, 3.05) is 19.6 Å². The predicted molar refractivity (Wildman–Crippen MR) is 63.9 cm³/mol. The number of carbonyl (C=O) groups excluding carboxylic acids is 1. The number of carbonyl (C=O) groups is 1. The fourth-order valence-corrected chi connectivity index (χ4v) is 2.22. The molecule has 0 aliphatic carbocycles. The number of amides is 1. The van der Waals surface area contributed by atoms with Crippen LogP contribution in [0.25, 0.3) is 0 Å². The summed E-state index contributed by atoms with van der Waals surface area (Å²) >= 11 is 0. The van der Waals surface area contributed by atoms with Gasteiger partial charge in [-0.25, -0.2) is 0 Å². The molecular formula is C12H16F3N3O. The molecule has 0 unspecified atom stereocenters. The van der Waals surface area contributed by atoms with Crippen LogP contribution < -0.4 is 5.32 Å². The van der Waals surface area contributed by atoms with E-state index in [2.05, 4.69) is 5.32 Å². The smallest absolute Gasteiger partial charge is 0.335 e. The lowest BCUT2D eigenvalue weighted by atomic mass is 10.2. The fraction of sp³-hybridized carbons (Fsp3) is 0.583. The van der Waals surface area contributed by atoms with Gasteiger partial charge in [0.15, 0.2) is 0 Å². The zero-order valence-electron chi connectivity index (χ0n) is 10.6. The lowest BCUT2D eigenvalue weighted by molar-refractivity contribution is -0.140. The van der Waals surface area contributed by atoms with Gasteiger partial charge in [0.25, 0.3) is 5.91 Å². The maximum absolute atomic E-state index is 12.4. The number of hydrogen-bond acceptors (Lipinski definition) is 2. The molecule has 1 fully saturated rings. The third-order valence-electron chi connectivity index (χ3n) is 3.05. The van der Waals surface area contributed by atoms with E-state index in [0.717, 1.165) is 4.57 Å². The number of nitrogens with one attached hydrogen (secondary N) is 1. The summed E-state index contributed by atoms with van der Waals surface area (Å²) < 4.78 is 38.2. The Hall–Kier alpha value is -1.50. The first-order chi connectivity index (χ1) is 8.87.